The zero-order valence-corrected chi connectivity index (χ0v) is 12.8. The Hall–Kier alpha value is -0.830. The van der Waals surface area contributed by atoms with E-state index in [0.29, 0.717) is 5.84 Å². The molecule has 18 heavy (non-hydrogen) atoms. The largest absolute Gasteiger partial charge is 0.386 e. The summed E-state index contributed by atoms with van der Waals surface area (Å²) in [6, 6.07) is 2.60. The third-order valence-corrected chi connectivity index (χ3v) is 2.96. The van der Waals surface area contributed by atoms with E-state index < -0.39 is 0 Å². The highest BCUT2D eigenvalue weighted by atomic mass is 35.5. The van der Waals surface area contributed by atoms with Crippen molar-refractivity contribution in [2.75, 3.05) is 5.75 Å². The molecule has 3 N–H and O–H groups in total. The van der Waals surface area contributed by atoms with Crippen molar-refractivity contribution >= 4 is 42.4 Å². The smallest absolute Gasteiger partial charge is 0.111 e. The molecule has 0 atom stereocenters. The molecule has 0 saturated heterocycles. The molecule has 7 heteroatoms. The maximum Gasteiger partial charge on any atom is 0.111 e. The average Bonchev–Trinajstić information content (AvgIpc) is 2.67. The molecule has 0 aliphatic carbocycles. The monoisotopic (exact) mass is 308 g/mol. The van der Waals surface area contributed by atoms with Gasteiger partial charge >= 0.3 is 0 Å². The number of imidazole rings is 1. The van der Waals surface area contributed by atoms with Crippen molar-refractivity contribution in [2.45, 2.75) is 26.0 Å². The van der Waals surface area contributed by atoms with E-state index >= 15 is 0 Å². The van der Waals surface area contributed by atoms with Gasteiger partial charge in [0.2, 0.25) is 0 Å². The summed E-state index contributed by atoms with van der Waals surface area (Å²) in [6.07, 6.45) is 2.49. The first-order chi connectivity index (χ1) is 7.74. The predicted molar refractivity (Wildman–Crippen MR) is 83.7 cm³/mol. The molecule has 0 bridgehead atoms. The Bertz CT molecular complexity index is 420. The van der Waals surface area contributed by atoms with Gasteiger partial charge in [-0.15, -0.1) is 24.8 Å². The van der Waals surface area contributed by atoms with Crippen molar-refractivity contribution in [1.29, 1.82) is 0 Å². The molecule has 1 rings (SSSR count). The molecule has 0 unspecified atom stereocenters. The summed E-state index contributed by atoms with van der Waals surface area (Å²) in [4.78, 5) is 11.2. The molecular formula is C11H18Cl2N4S. The number of H-pyrrole nitrogens is 1. The Morgan fingerprint density at radius 1 is 1.56 bits per heavy atom. The molecule has 0 saturated carbocycles. The fourth-order valence-corrected chi connectivity index (χ4v) is 2.04. The molecule has 1 aromatic heterocycles. The van der Waals surface area contributed by atoms with E-state index in [-0.39, 0.29) is 24.8 Å². The molecule has 1 aromatic rings. The number of nitrogens with one attached hydrogen (secondary N) is 1. The second-order valence-corrected chi connectivity index (χ2v) is 4.35. The van der Waals surface area contributed by atoms with Gasteiger partial charge in [0.05, 0.1) is 12.0 Å². The van der Waals surface area contributed by atoms with Crippen molar-refractivity contribution in [1.82, 2.24) is 9.97 Å². The van der Waals surface area contributed by atoms with Gasteiger partial charge in [-0.05, 0) is 13.8 Å². The number of rotatable bonds is 5. The summed E-state index contributed by atoms with van der Waals surface area (Å²) in [7, 11) is 0. The number of hydrogen-bond acceptors (Lipinski definition) is 3. The van der Waals surface area contributed by atoms with Gasteiger partial charge in [-0.3, -0.25) is 0 Å². The Morgan fingerprint density at radius 2 is 2.28 bits per heavy atom. The topological polar surface area (TPSA) is 67.1 Å². The molecule has 0 amide bonds. The first kappa shape index (κ1) is 19.5. The average molecular weight is 309 g/mol. The van der Waals surface area contributed by atoms with Gasteiger partial charge in [0, 0.05) is 29.7 Å². The van der Waals surface area contributed by atoms with Crippen molar-refractivity contribution in [3.63, 3.8) is 0 Å². The minimum Gasteiger partial charge on any atom is -0.386 e. The normalized spacial score (nSPS) is 9.78. The van der Waals surface area contributed by atoms with Crippen LogP contribution in [0.25, 0.3) is 0 Å². The summed E-state index contributed by atoms with van der Waals surface area (Å²) in [5.74, 6) is 5.12. The van der Waals surface area contributed by atoms with Crippen LogP contribution in [0.5, 0.6) is 0 Å². The van der Waals surface area contributed by atoms with E-state index in [2.05, 4.69) is 26.9 Å². The van der Waals surface area contributed by atoms with E-state index in [4.69, 9.17) is 5.73 Å². The second-order valence-electron chi connectivity index (χ2n) is 3.24. The standard InChI is InChI=1S/C11H16N4S.2ClH/c1-3-5-13-11(12)4-6-16-7-10-9(2)14-8-15-10;;/h8H,4,6-7H2,1-2H3,(H2,12,13)(H,14,15);2*1H. The number of nitrogens with zero attached hydrogens (tertiary/aromatic N) is 2. The van der Waals surface area contributed by atoms with Crippen molar-refractivity contribution < 1.29 is 0 Å². The molecule has 0 aromatic carbocycles. The Balaban J connectivity index is 0. The maximum atomic E-state index is 5.66. The van der Waals surface area contributed by atoms with Gasteiger partial charge in [-0.1, -0.05) is 5.92 Å². The van der Waals surface area contributed by atoms with Crippen LogP contribution in [0.15, 0.2) is 11.3 Å². The Labute approximate surface area is 124 Å². The molecule has 0 aliphatic heterocycles. The lowest BCUT2D eigenvalue weighted by atomic mass is 10.4. The number of hydrogen-bond donors (Lipinski definition) is 2. The minimum absolute atomic E-state index is 0. The summed E-state index contributed by atoms with van der Waals surface area (Å²) in [5.41, 5.74) is 7.90. The van der Waals surface area contributed by atoms with Crippen LogP contribution in [0, 0.1) is 18.9 Å². The molecule has 0 fully saturated rings. The van der Waals surface area contributed by atoms with Crippen LogP contribution in [0.3, 0.4) is 0 Å². The highest BCUT2D eigenvalue weighted by Crippen LogP contribution is 2.13. The Kier molecular flexibility index (Phi) is 12.2. The van der Waals surface area contributed by atoms with Crippen LogP contribution in [-0.4, -0.2) is 21.6 Å². The fraction of sp³-hybridized carbons (Fsp3) is 0.455. The summed E-state index contributed by atoms with van der Waals surface area (Å²) < 4.78 is 0. The van der Waals surface area contributed by atoms with E-state index in [1.165, 1.54) is 0 Å². The number of halogens is 2. The zero-order valence-electron chi connectivity index (χ0n) is 10.4. The van der Waals surface area contributed by atoms with Gasteiger partial charge in [-0.2, -0.15) is 16.8 Å². The number of aromatic amines is 1. The molecule has 0 spiro atoms. The van der Waals surface area contributed by atoms with Crippen LogP contribution < -0.4 is 5.73 Å². The van der Waals surface area contributed by atoms with Crippen molar-refractivity contribution in [3.8, 4) is 12.0 Å². The molecule has 0 aliphatic rings. The summed E-state index contributed by atoms with van der Waals surface area (Å²) in [5, 5.41) is 0. The predicted octanol–water partition coefficient (Wildman–Crippen LogP) is 2.52. The highest BCUT2D eigenvalue weighted by Gasteiger charge is 2.00. The van der Waals surface area contributed by atoms with Crippen LogP contribution in [0.4, 0.5) is 0 Å². The first-order valence-corrected chi connectivity index (χ1v) is 6.20. The quantitative estimate of drug-likeness (QED) is 0.380. The van der Waals surface area contributed by atoms with Gasteiger partial charge in [-0.25, -0.2) is 4.98 Å². The number of amidine groups is 1. The third-order valence-electron chi connectivity index (χ3n) is 1.99. The van der Waals surface area contributed by atoms with Gasteiger partial charge in [0.25, 0.3) is 0 Å². The van der Waals surface area contributed by atoms with E-state index in [1.807, 2.05) is 6.92 Å². The molecule has 4 nitrogen and oxygen atoms in total. The second kappa shape index (κ2) is 11.3. The van der Waals surface area contributed by atoms with Crippen LogP contribution in [-0.2, 0) is 5.75 Å². The summed E-state index contributed by atoms with van der Waals surface area (Å²) >= 11 is 1.80. The molecule has 1 heterocycles. The van der Waals surface area contributed by atoms with Gasteiger partial charge < -0.3 is 10.7 Å². The number of thioether (sulfide) groups is 1. The van der Waals surface area contributed by atoms with Crippen LogP contribution in [0.2, 0.25) is 0 Å². The van der Waals surface area contributed by atoms with Gasteiger partial charge in [0.15, 0.2) is 0 Å². The maximum absolute atomic E-state index is 5.66. The van der Waals surface area contributed by atoms with Crippen LogP contribution in [0.1, 0.15) is 24.7 Å². The first-order valence-electron chi connectivity index (χ1n) is 5.04. The number of nitrogens with two attached hydrogens (primary N) is 1. The number of aliphatic imine (C=N–C) groups is 1. The lowest BCUT2D eigenvalue weighted by Crippen LogP contribution is -2.11. The summed E-state index contributed by atoms with van der Waals surface area (Å²) in [6.45, 7) is 3.77. The molecule has 0 radical (unpaired) electrons. The molecular weight excluding hydrogens is 291 g/mol. The van der Waals surface area contributed by atoms with E-state index in [0.717, 1.165) is 29.3 Å². The number of aromatic nitrogens is 2. The SMILES string of the molecule is CC#CN=C(N)CCSCc1nc[nH]c1C.Cl.Cl. The van der Waals surface area contributed by atoms with E-state index in [9.17, 15) is 0 Å². The third kappa shape index (κ3) is 7.49. The van der Waals surface area contributed by atoms with Crippen LogP contribution >= 0.6 is 36.6 Å². The van der Waals surface area contributed by atoms with Gasteiger partial charge in [0.1, 0.15) is 5.84 Å². The van der Waals surface area contributed by atoms with E-state index in [1.54, 1.807) is 25.0 Å². The van der Waals surface area contributed by atoms with Crippen molar-refractivity contribution in [3.05, 3.63) is 17.7 Å². The lowest BCUT2D eigenvalue weighted by Gasteiger charge is -1.99. The molecule has 102 valence electrons. The lowest BCUT2D eigenvalue weighted by molar-refractivity contribution is 1.18. The zero-order chi connectivity index (χ0) is 11.8. The highest BCUT2D eigenvalue weighted by molar-refractivity contribution is 7.98. The minimum atomic E-state index is 0. The fourth-order valence-electron chi connectivity index (χ4n) is 1.06. The number of aryl methyl sites for hydroxylation is 1. The van der Waals surface area contributed by atoms with Crippen molar-refractivity contribution in [2.24, 2.45) is 10.7 Å². The Morgan fingerprint density at radius 3 is 2.83 bits per heavy atom.